The van der Waals surface area contributed by atoms with Crippen LogP contribution >= 0.6 is 0 Å². The Morgan fingerprint density at radius 2 is 1.67 bits per heavy atom. The summed E-state index contributed by atoms with van der Waals surface area (Å²) >= 11 is 0. The molecule has 228 valence electrons. The van der Waals surface area contributed by atoms with Gasteiger partial charge in [-0.1, -0.05) is 61.5 Å². The van der Waals surface area contributed by atoms with Crippen molar-refractivity contribution in [1.29, 1.82) is 0 Å². The third-order valence-electron chi connectivity index (χ3n) is 7.37. The van der Waals surface area contributed by atoms with Crippen LogP contribution in [0.5, 0.6) is 5.75 Å². The highest BCUT2D eigenvalue weighted by atomic mass is 16.3. The van der Waals surface area contributed by atoms with Gasteiger partial charge in [-0.25, -0.2) is 9.80 Å². The SMILES string of the molecule is CCCN(C(=O)NCc1ccccc1)N1CCN(Cc2cccc(N(C)C)c2)C(=O)[C@H](Cc2ccc(O)cc2)NC(=O)C1. The van der Waals surface area contributed by atoms with Gasteiger partial charge < -0.3 is 25.5 Å². The first kappa shape index (κ1) is 31.4. The number of carbonyl (C=O) groups excluding carboxylic acids is 3. The van der Waals surface area contributed by atoms with E-state index in [1.807, 2.05) is 80.5 Å². The number of urea groups is 1. The number of hydrogen-bond donors (Lipinski definition) is 3. The van der Waals surface area contributed by atoms with Gasteiger partial charge in [-0.05, 0) is 47.4 Å². The van der Waals surface area contributed by atoms with Crippen LogP contribution in [0, 0.1) is 0 Å². The van der Waals surface area contributed by atoms with Crippen LogP contribution in [-0.2, 0) is 29.1 Å². The molecular formula is C33H42N6O4. The van der Waals surface area contributed by atoms with Crippen molar-refractivity contribution in [3.05, 3.63) is 95.6 Å². The van der Waals surface area contributed by atoms with Crippen LogP contribution in [-0.4, -0.2) is 84.2 Å². The number of phenolic OH excluding ortho intramolecular Hbond substituents is 1. The molecule has 1 aliphatic rings. The van der Waals surface area contributed by atoms with Crippen LogP contribution in [0.4, 0.5) is 10.5 Å². The zero-order valence-corrected chi connectivity index (χ0v) is 25.2. The van der Waals surface area contributed by atoms with Gasteiger partial charge in [0.2, 0.25) is 11.8 Å². The lowest BCUT2D eigenvalue weighted by atomic mass is 10.0. The van der Waals surface area contributed by atoms with Crippen LogP contribution in [0.15, 0.2) is 78.9 Å². The van der Waals surface area contributed by atoms with Crippen molar-refractivity contribution in [2.45, 2.75) is 38.9 Å². The fraction of sp³-hybridized carbons (Fsp3) is 0.364. The lowest BCUT2D eigenvalue weighted by molar-refractivity contribution is -0.136. The maximum atomic E-state index is 14.0. The van der Waals surface area contributed by atoms with E-state index in [1.54, 1.807) is 39.2 Å². The predicted octanol–water partition coefficient (Wildman–Crippen LogP) is 3.37. The Balaban J connectivity index is 1.59. The molecule has 3 aromatic carbocycles. The van der Waals surface area contributed by atoms with Gasteiger partial charge in [-0.3, -0.25) is 14.6 Å². The Kier molecular flexibility index (Phi) is 11.0. The van der Waals surface area contributed by atoms with Gasteiger partial charge in [-0.2, -0.15) is 0 Å². The number of carbonyl (C=O) groups is 3. The molecule has 0 aromatic heterocycles. The first-order valence-corrected chi connectivity index (χ1v) is 14.7. The lowest BCUT2D eigenvalue weighted by Gasteiger charge is -2.35. The van der Waals surface area contributed by atoms with Crippen molar-refractivity contribution in [2.24, 2.45) is 0 Å². The number of anilines is 1. The standard InChI is InChI=1S/C33H42N6O4/c1-4-17-39(33(43)34-22-26-9-6-5-7-10-26)38-19-18-37(23-27-11-8-12-28(20-27)36(2)3)32(42)30(35-31(41)24-38)21-25-13-15-29(40)16-14-25/h5-16,20,30,40H,4,17-19,21-24H2,1-3H3,(H,34,43)(H,35,41)/t30-/m0/s1. The molecule has 0 aliphatic carbocycles. The second-order valence-corrected chi connectivity index (χ2v) is 11.0. The van der Waals surface area contributed by atoms with Crippen LogP contribution < -0.4 is 15.5 Å². The maximum absolute atomic E-state index is 14.0. The first-order valence-electron chi connectivity index (χ1n) is 14.7. The molecule has 3 aromatic rings. The normalized spacial score (nSPS) is 16.1. The number of nitrogens with zero attached hydrogens (tertiary/aromatic N) is 4. The van der Waals surface area contributed by atoms with Gasteiger partial charge >= 0.3 is 6.03 Å². The molecule has 10 heteroatoms. The highest BCUT2D eigenvalue weighted by molar-refractivity contribution is 5.89. The van der Waals surface area contributed by atoms with Crippen molar-refractivity contribution < 1.29 is 19.5 Å². The molecule has 10 nitrogen and oxygen atoms in total. The van der Waals surface area contributed by atoms with Gasteiger partial charge in [0.1, 0.15) is 11.8 Å². The van der Waals surface area contributed by atoms with Crippen molar-refractivity contribution in [3.8, 4) is 5.75 Å². The largest absolute Gasteiger partial charge is 0.508 e. The Labute approximate surface area is 253 Å². The topological polar surface area (TPSA) is 108 Å². The third-order valence-corrected chi connectivity index (χ3v) is 7.37. The molecule has 1 aliphatic heterocycles. The molecule has 0 radical (unpaired) electrons. The highest BCUT2D eigenvalue weighted by Crippen LogP contribution is 2.18. The van der Waals surface area contributed by atoms with Crippen LogP contribution in [0.25, 0.3) is 0 Å². The average Bonchev–Trinajstić information content (AvgIpc) is 3.05. The number of hydrogen-bond acceptors (Lipinski definition) is 6. The van der Waals surface area contributed by atoms with E-state index in [4.69, 9.17) is 0 Å². The molecule has 0 unspecified atom stereocenters. The zero-order chi connectivity index (χ0) is 30.8. The highest BCUT2D eigenvalue weighted by Gasteiger charge is 2.32. The van der Waals surface area contributed by atoms with Gasteiger partial charge in [0.15, 0.2) is 0 Å². The Morgan fingerprint density at radius 3 is 2.37 bits per heavy atom. The summed E-state index contributed by atoms with van der Waals surface area (Å²) in [4.78, 5) is 44.6. The average molecular weight is 587 g/mol. The van der Waals surface area contributed by atoms with Gasteiger partial charge in [0.25, 0.3) is 0 Å². The molecule has 0 bridgehead atoms. The fourth-order valence-electron chi connectivity index (χ4n) is 5.08. The number of amides is 4. The van der Waals surface area contributed by atoms with E-state index in [9.17, 15) is 19.5 Å². The van der Waals surface area contributed by atoms with Gasteiger partial charge in [0.05, 0.1) is 6.54 Å². The minimum absolute atomic E-state index is 0.0674. The summed E-state index contributed by atoms with van der Waals surface area (Å²) in [5.74, 6) is -0.409. The van der Waals surface area contributed by atoms with Crippen molar-refractivity contribution in [1.82, 2.24) is 25.6 Å². The van der Waals surface area contributed by atoms with Crippen LogP contribution in [0.2, 0.25) is 0 Å². The summed E-state index contributed by atoms with van der Waals surface area (Å²) in [5.41, 5.74) is 3.78. The third kappa shape index (κ3) is 8.96. The second-order valence-electron chi connectivity index (χ2n) is 11.0. The van der Waals surface area contributed by atoms with E-state index in [0.717, 1.165) is 22.4 Å². The molecule has 43 heavy (non-hydrogen) atoms. The number of benzene rings is 3. The summed E-state index contributed by atoms with van der Waals surface area (Å²) in [6, 6.07) is 23.2. The summed E-state index contributed by atoms with van der Waals surface area (Å²) in [6.07, 6.45) is 0.968. The Bertz CT molecular complexity index is 1370. The molecular weight excluding hydrogens is 544 g/mol. The van der Waals surface area contributed by atoms with E-state index >= 15 is 0 Å². The van der Waals surface area contributed by atoms with E-state index in [1.165, 1.54) is 0 Å². The molecule has 0 spiro atoms. The van der Waals surface area contributed by atoms with Crippen LogP contribution in [0.1, 0.15) is 30.0 Å². The Morgan fingerprint density at radius 1 is 0.953 bits per heavy atom. The summed E-state index contributed by atoms with van der Waals surface area (Å²) in [5, 5.41) is 19.0. The van der Waals surface area contributed by atoms with Crippen molar-refractivity contribution in [2.75, 3.05) is 45.2 Å². The number of rotatable bonds is 10. The van der Waals surface area contributed by atoms with Crippen molar-refractivity contribution >= 4 is 23.5 Å². The Hall–Kier alpha value is -4.57. The predicted molar refractivity (Wildman–Crippen MR) is 167 cm³/mol. The molecule has 1 saturated heterocycles. The number of aromatic hydroxyl groups is 1. The number of hydrazine groups is 1. The lowest BCUT2D eigenvalue weighted by Crippen LogP contribution is -2.55. The molecule has 4 rings (SSSR count). The number of nitrogens with one attached hydrogen (secondary N) is 2. The fourth-order valence-corrected chi connectivity index (χ4v) is 5.08. The molecule has 1 fully saturated rings. The minimum atomic E-state index is -0.805. The zero-order valence-electron chi connectivity index (χ0n) is 25.2. The van der Waals surface area contributed by atoms with E-state index in [-0.39, 0.29) is 36.6 Å². The molecule has 1 heterocycles. The van der Waals surface area contributed by atoms with Gasteiger partial charge in [0, 0.05) is 58.9 Å². The summed E-state index contributed by atoms with van der Waals surface area (Å²) in [7, 11) is 3.94. The van der Waals surface area contributed by atoms with Crippen LogP contribution in [0.3, 0.4) is 0 Å². The quantitative estimate of drug-likeness (QED) is 0.336. The summed E-state index contributed by atoms with van der Waals surface area (Å²) < 4.78 is 0. The second kappa shape index (κ2) is 15.1. The van der Waals surface area contributed by atoms with E-state index < -0.39 is 6.04 Å². The smallest absolute Gasteiger partial charge is 0.332 e. The monoisotopic (exact) mass is 586 g/mol. The van der Waals surface area contributed by atoms with E-state index in [2.05, 4.69) is 10.6 Å². The molecule has 1 atom stereocenters. The first-order chi connectivity index (χ1) is 20.7. The van der Waals surface area contributed by atoms with Crippen molar-refractivity contribution in [3.63, 3.8) is 0 Å². The molecule has 3 N–H and O–H groups in total. The minimum Gasteiger partial charge on any atom is -0.508 e. The maximum Gasteiger partial charge on any atom is 0.332 e. The summed E-state index contributed by atoms with van der Waals surface area (Å²) in [6.45, 7) is 3.67. The van der Waals surface area contributed by atoms with Gasteiger partial charge in [-0.15, -0.1) is 0 Å². The molecule has 4 amide bonds. The number of phenols is 1. The molecule has 0 saturated carbocycles. The van der Waals surface area contributed by atoms with E-state index in [0.29, 0.717) is 39.1 Å².